The molecule has 0 N–H and O–H groups in total. The maximum atomic E-state index is 5.91. The number of benzene rings is 1. The molecule has 3 rings (SSSR count). The van der Waals surface area contributed by atoms with E-state index in [0.29, 0.717) is 37.1 Å². The first-order valence-corrected chi connectivity index (χ1v) is 11.2. The zero-order valence-corrected chi connectivity index (χ0v) is 18.1. The van der Waals surface area contributed by atoms with Gasteiger partial charge in [-0.1, -0.05) is 31.1 Å². The number of epoxide rings is 1. The molecule has 0 amide bonds. The summed E-state index contributed by atoms with van der Waals surface area (Å²) in [4.78, 5) is 8.96. The van der Waals surface area contributed by atoms with Crippen molar-refractivity contribution >= 4 is 0 Å². The molecule has 2 heterocycles. The van der Waals surface area contributed by atoms with Gasteiger partial charge in [0.05, 0.1) is 25.4 Å². The largest absolute Gasteiger partial charge is 0.494 e. The summed E-state index contributed by atoms with van der Waals surface area (Å²) < 4.78 is 17.2. The Morgan fingerprint density at radius 3 is 2.67 bits per heavy atom. The van der Waals surface area contributed by atoms with Crippen LogP contribution in [0.15, 0.2) is 49.2 Å². The summed E-state index contributed by atoms with van der Waals surface area (Å²) in [5.74, 6) is 2.12. The summed E-state index contributed by atoms with van der Waals surface area (Å²) in [6, 6.07) is 9.75. The highest BCUT2D eigenvalue weighted by Gasteiger charge is 2.32. The molecule has 5 heteroatoms. The maximum Gasteiger partial charge on any atom is 0.216 e. The molecule has 0 aliphatic carbocycles. The van der Waals surface area contributed by atoms with Crippen molar-refractivity contribution in [3.8, 4) is 23.0 Å². The summed E-state index contributed by atoms with van der Waals surface area (Å²) in [6.45, 7) is 7.27. The number of allylic oxidation sites excluding steroid dienone is 1. The molecule has 1 fully saturated rings. The van der Waals surface area contributed by atoms with Crippen molar-refractivity contribution in [3.05, 3.63) is 49.2 Å². The minimum atomic E-state index is 0.449. The first kappa shape index (κ1) is 22.3. The molecular weight excluding hydrogens is 376 g/mol. The second kappa shape index (κ2) is 12.3. The average Bonchev–Trinajstić information content (AvgIpc) is 3.48. The van der Waals surface area contributed by atoms with Gasteiger partial charge in [0.2, 0.25) is 5.88 Å². The second-order valence-corrected chi connectivity index (χ2v) is 7.81. The van der Waals surface area contributed by atoms with Gasteiger partial charge in [0, 0.05) is 17.8 Å². The van der Waals surface area contributed by atoms with Crippen molar-refractivity contribution in [2.24, 2.45) is 0 Å². The number of hydrogen-bond donors (Lipinski definition) is 0. The van der Waals surface area contributed by atoms with Gasteiger partial charge in [0.15, 0.2) is 5.82 Å². The van der Waals surface area contributed by atoms with Crippen molar-refractivity contribution in [3.63, 3.8) is 0 Å². The molecule has 2 unspecified atom stereocenters. The van der Waals surface area contributed by atoms with Gasteiger partial charge in [-0.3, -0.25) is 0 Å². The first-order valence-electron chi connectivity index (χ1n) is 11.2. The second-order valence-electron chi connectivity index (χ2n) is 7.81. The van der Waals surface area contributed by atoms with E-state index in [-0.39, 0.29) is 0 Å². The number of nitrogens with zero attached hydrogens (tertiary/aromatic N) is 2. The molecule has 1 aromatic heterocycles. The summed E-state index contributed by atoms with van der Waals surface area (Å²) in [6.07, 6.45) is 13.6. The van der Waals surface area contributed by atoms with Gasteiger partial charge < -0.3 is 14.2 Å². The third-order valence-electron chi connectivity index (χ3n) is 5.26. The fraction of sp³-hybridized carbons (Fsp3) is 0.520. The quantitative estimate of drug-likeness (QED) is 0.205. The van der Waals surface area contributed by atoms with E-state index in [1.54, 1.807) is 6.20 Å². The van der Waals surface area contributed by atoms with Crippen LogP contribution in [-0.2, 0) is 4.74 Å². The van der Waals surface area contributed by atoms with E-state index in [1.165, 1.54) is 12.8 Å². The monoisotopic (exact) mass is 410 g/mol. The summed E-state index contributed by atoms with van der Waals surface area (Å²) in [5, 5.41) is 0. The number of hydrogen-bond acceptors (Lipinski definition) is 5. The average molecular weight is 411 g/mol. The van der Waals surface area contributed by atoms with E-state index >= 15 is 0 Å². The van der Waals surface area contributed by atoms with Crippen LogP contribution in [-0.4, -0.2) is 35.4 Å². The number of unbranched alkanes of at least 4 members (excludes halogenated alkanes) is 5. The Morgan fingerprint density at radius 1 is 1.03 bits per heavy atom. The van der Waals surface area contributed by atoms with Crippen LogP contribution in [0.1, 0.15) is 58.3 Å². The van der Waals surface area contributed by atoms with Gasteiger partial charge >= 0.3 is 0 Å². The van der Waals surface area contributed by atoms with E-state index in [4.69, 9.17) is 14.2 Å². The molecule has 0 bridgehead atoms. The summed E-state index contributed by atoms with van der Waals surface area (Å²) in [7, 11) is 0. The van der Waals surface area contributed by atoms with Crippen molar-refractivity contribution < 1.29 is 14.2 Å². The van der Waals surface area contributed by atoms with E-state index in [0.717, 1.165) is 49.8 Å². The van der Waals surface area contributed by atoms with Gasteiger partial charge in [-0.2, -0.15) is 4.98 Å². The van der Waals surface area contributed by atoms with Crippen LogP contribution in [0.3, 0.4) is 0 Å². The fourth-order valence-electron chi connectivity index (χ4n) is 3.38. The van der Waals surface area contributed by atoms with Crippen LogP contribution in [0, 0.1) is 0 Å². The number of aromatic nitrogens is 2. The number of rotatable bonds is 15. The Balaban J connectivity index is 1.41. The fourth-order valence-corrected chi connectivity index (χ4v) is 3.38. The van der Waals surface area contributed by atoms with E-state index in [1.807, 2.05) is 36.4 Å². The smallest absolute Gasteiger partial charge is 0.216 e. The Kier molecular flexibility index (Phi) is 9.16. The zero-order valence-electron chi connectivity index (χ0n) is 18.1. The molecule has 1 saturated heterocycles. The predicted octanol–water partition coefficient (Wildman–Crippen LogP) is 6.00. The van der Waals surface area contributed by atoms with Crippen LogP contribution in [0.2, 0.25) is 0 Å². The van der Waals surface area contributed by atoms with Crippen molar-refractivity contribution in [1.82, 2.24) is 9.97 Å². The van der Waals surface area contributed by atoms with Crippen LogP contribution < -0.4 is 9.47 Å². The van der Waals surface area contributed by atoms with Gasteiger partial charge in [0.25, 0.3) is 0 Å². The lowest BCUT2D eigenvalue weighted by Crippen LogP contribution is -2.01. The first-order chi connectivity index (χ1) is 14.8. The predicted molar refractivity (Wildman–Crippen MR) is 120 cm³/mol. The van der Waals surface area contributed by atoms with Crippen LogP contribution in [0.25, 0.3) is 11.4 Å². The topological polar surface area (TPSA) is 56.8 Å². The molecule has 162 valence electrons. The van der Waals surface area contributed by atoms with Crippen LogP contribution in [0.4, 0.5) is 0 Å². The van der Waals surface area contributed by atoms with Gasteiger partial charge in [-0.25, -0.2) is 4.98 Å². The lowest BCUT2D eigenvalue weighted by molar-refractivity contribution is 0.293. The standard InChI is InChI=1S/C25H34N2O3/c1-3-4-5-6-7-9-18-29-24-15-16-26-25(27-24)21-12-11-13-22(19-21)28-17-10-8-14-23-20(2)30-23/h3,11-13,15-16,19-20,23H,1,4-10,14,17-18H2,2H3. The maximum absolute atomic E-state index is 5.91. The Hall–Kier alpha value is -2.40. The third-order valence-corrected chi connectivity index (χ3v) is 5.26. The molecule has 30 heavy (non-hydrogen) atoms. The summed E-state index contributed by atoms with van der Waals surface area (Å²) >= 11 is 0. The van der Waals surface area contributed by atoms with E-state index in [2.05, 4.69) is 23.5 Å². The van der Waals surface area contributed by atoms with E-state index < -0.39 is 0 Å². The highest BCUT2D eigenvalue weighted by Crippen LogP contribution is 2.26. The molecule has 2 aromatic rings. The van der Waals surface area contributed by atoms with Gasteiger partial charge in [0.1, 0.15) is 5.75 Å². The Bertz CT molecular complexity index is 780. The SMILES string of the molecule is C=CCCCCCCOc1ccnc(-c2cccc(OCCCCC3OC3C)c2)n1. The molecule has 2 atom stereocenters. The van der Waals surface area contributed by atoms with E-state index in [9.17, 15) is 0 Å². The minimum Gasteiger partial charge on any atom is -0.494 e. The normalized spacial score (nSPS) is 17.5. The Morgan fingerprint density at radius 2 is 1.83 bits per heavy atom. The number of ether oxygens (including phenoxy) is 3. The molecule has 0 radical (unpaired) electrons. The zero-order chi connectivity index (χ0) is 21.0. The molecule has 0 spiro atoms. The highest BCUT2D eigenvalue weighted by atomic mass is 16.6. The lowest BCUT2D eigenvalue weighted by Gasteiger charge is -2.09. The Labute approximate surface area is 180 Å². The summed E-state index contributed by atoms with van der Waals surface area (Å²) in [5.41, 5.74) is 0.933. The van der Waals surface area contributed by atoms with Gasteiger partial charge in [-0.05, 0) is 57.6 Å². The third kappa shape index (κ3) is 7.79. The molecule has 5 nitrogen and oxygen atoms in total. The van der Waals surface area contributed by atoms with Crippen molar-refractivity contribution in [2.75, 3.05) is 13.2 Å². The lowest BCUT2D eigenvalue weighted by atomic mass is 10.1. The van der Waals surface area contributed by atoms with Crippen LogP contribution in [0.5, 0.6) is 11.6 Å². The molecule has 0 saturated carbocycles. The molecule has 1 aliphatic rings. The molecule has 1 aliphatic heterocycles. The van der Waals surface area contributed by atoms with Crippen molar-refractivity contribution in [1.29, 1.82) is 0 Å². The minimum absolute atomic E-state index is 0.449. The highest BCUT2D eigenvalue weighted by molar-refractivity contribution is 5.57. The van der Waals surface area contributed by atoms with Gasteiger partial charge in [-0.15, -0.1) is 6.58 Å². The van der Waals surface area contributed by atoms with Crippen molar-refractivity contribution in [2.45, 2.75) is 70.5 Å². The molecular formula is C25H34N2O3. The molecule has 1 aromatic carbocycles. The van der Waals surface area contributed by atoms with Crippen LogP contribution >= 0.6 is 0 Å².